The molecule has 6 nitrogen and oxygen atoms in total. The van der Waals surface area contributed by atoms with Gasteiger partial charge in [0.2, 0.25) is 0 Å². The Hall–Kier alpha value is -2.63. The van der Waals surface area contributed by atoms with Gasteiger partial charge in [0.25, 0.3) is 0 Å². The number of Topliss-reactive ketones (excluding diaryl/α,β-unsaturated/α-hetero) is 1. The van der Waals surface area contributed by atoms with Crippen LogP contribution in [0.5, 0.6) is 5.75 Å². The van der Waals surface area contributed by atoms with E-state index in [1.165, 1.54) is 0 Å². The van der Waals surface area contributed by atoms with Crippen molar-refractivity contribution >= 4 is 16.7 Å². The number of nitrogens with zero attached hydrogens (tertiary/aromatic N) is 4. The van der Waals surface area contributed by atoms with Crippen molar-refractivity contribution < 1.29 is 9.53 Å². The fraction of sp³-hybridized carbons (Fsp3) is 0.542. The predicted octanol–water partition coefficient (Wildman–Crippen LogP) is 5.17. The summed E-state index contributed by atoms with van der Waals surface area (Å²) in [6.07, 6.45) is 6.19. The summed E-state index contributed by atoms with van der Waals surface area (Å²) in [4.78, 5) is 11.7. The molecule has 2 atom stereocenters. The molecular weight excluding hydrogens is 376 g/mol. The van der Waals surface area contributed by atoms with E-state index >= 15 is 0 Å². The third kappa shape index (κ3) is 4.27. The molecule has 0 bridgehead atoms. The average molecular weight is 411 g/mol. The minimum atomic E-state index is -0.0110. The van der Waals surface area contributed by atoms with E-state index < -0.39 is 0 Å². The second kappa shape index (κ2) is 8.62. The van der Waals surface area contributed by atoms with E-state index in [0.29, 0.717) is 24.5 Å². The number of rotatable bonds is 6. The molecule has 1 fully saturated rings. The molecule has 1 aliphatic rings. The molecule has 0 unspecified atom stereocenters. The van der Waals surface area contributed by atoms with Gasteiger partial charge in [-0.1, -0.05) is 21.3 Å². The fourth-order valence-corrected chi connectivity index (χ4v) is 4.23. The Morgan fingerprint density at radius 1 is 1.23 bits per heavy atom. The topological polar surface area (TPSA) is 61.9 Å². The van der Waals surface area contributed by atoms with Crippen molar-refractivity contribution in [1.82, 2.24) is 19.6 Å². The molecule has 0 N–H and O–H groups in total. The second-order valence-corrected chi connectivity index (χ2v) is 8.79. The van der Waals surface area contributed by atoms with Crippen molar-refractivity contribution in [2.24, 2.45) is 18.9 Å². The highest BCUT2D eigenvalue weighted by Gasteiger charge is 2.29. The summed E-state index contributed by atoms with van der Waals surface area (Å²) in [5.41, 5.74) is 4.11. The molecule has 0 spiro atoms. The Balaban J connectivity index is 0.00000256. The van der Waals surface area contributed by atoms with Gasteiger partial charge >= 0.3 is 0 Å². The van der Waals surface area contributed by atoms with E-state index in [-0.39, 0.29) is 19.4 Å². The lowest BCUT2D eigenvalue weighted by atomic mass is 10.0. The predicted molar refractivity (Wildman–Crippen MR) is 121 cm³/mol. The highest BCUT2D eigenvalue weighted by molar-refractivity contribution is 5.92. The zero-order valence-electron chi connectivity index (χ0n) is 18.0. The van der Waals surface area contributed by atoms with Crippen LogP contribution in [-0.2, 0) is 18.4 Å². The zero-order valence-corrected chi connectivity index (χ0v) is 18.0. The molecule has 2 heterocycles. The van der Waals surface area contributed by atoms with E-state index in [0.717, 1.165) is 46.4 Å². The Labute approximate surface area is 179 Å². The maximum absolute atomic E-state index is 11.7. The quantitative estimate of drug-likeness (QED) is 0.562. The van der Waals surface area contributed by atoms with Crippen molar-refractivity contribution in [3.63, 3.8) is 0 Å². The lowest BCUT2D eigenvalue weighted by Gasteiger charge is -2.21. The molecule has 0 amide bonds. The molecule has 30 heavy (non-hydrogen) atoms. The first-order valence-corrected chi connectivity index (χ1v) is 10.5. The minimum Gasteiger partial charge on any atom is -0.490 e. The molecule has 3 aromatic rings. The van der Waals surface area contributed by atoms with Crippen LogP contribution in [0, 0.1) is 18.8 Å². The van der Waals surface area contributed by atoms with Gasteiger partial charge in [0.15, 0.2) is 0 Å². The number of hydrogen-bond donors (Lipinski definition) is 0. The van der Waals surface area contributed by atoms with Crippen LogP contribution < -0.4 is 4.74 Å². The van der Waals surface area contributed by atoms with Gasteiger partial charge in [-0.25, -0.2) is 0 Å². The maximum Gasteiger partial charge on any atom is 0.133 e. The molecule has 1 aromatic carbocycles. The number of aryl methyl sites for hydroxylation is 2. The molecule has 0 aliphatic heterocycles. The first-order chi connectivity index (χ1) is 13.8. The Bertz CT molecular complexity index is 1050. The molecule has 2 aromatic heterocycles. The smallest absolute Gasteiger partial charge is 0.133 e. The van der Waals surface area contributed by atoms with Gasteiger partial charge in [-0.05, 0) is 43.9 Å². The number of carbonyl (C=O) groups excluding carboxylic acids is 1. The van der Waals surface area contributed by atoms with Crippen LogP contribution in [0.25, 0.3) is 22.0 Å². The Morgan fingerprint density at radius 3 is 2.67 bits per heavy atom. The number of fused-ring (bicyclic) bond motifs is 1. The number of carbonyl (C=O) groups is 1. The fourth-order valence-electron chi connectivity index (χ4n) is 4.23. The Morgan fingerprint density at radius 2 is 2.00 bits per heavy atom. The third-order valence-corrected chi connectivity index (χ3v) is 5.97. The van der Waals surface area contributed by atoms with Crippen molar-refractivity contribution in [2.75, 3.05) is 0 Å². The average Bonchev–Trinajstić information content (AvgIpc) is 3.35. The number of ether oxygens (including phenoxy) is 1. The summed E-state index contributed by atoms with van der Waals surface area (Å²) in [5, 5.41) is 10.2. The molecule has 0 saturated heterocycles. The number of benzene rings is 1. The summed E-state index contributed by atoms with van der Waals surface area (Å²) in [5.74, 6) is 2.01. The van der Waals surface area contributed by atoms with E-state index in [2.05, 4.69) is 56.2 Å². The number of ketones is 1. The van der Waals surface area contributed by atoms with Crippen LogP contribution >= 0.6 is 0 Å². The molecule has 162 valence electrons. The molecular formula is C24H34N4O2. The first-order valence-electron chi connectivity index (χ1n) is 10.5. The van der Waals surface area contributed by atoms with Crippen LogP contribution in [0.2, 0.25) is 0 Å². The van der Waals surface area contributed by atoms with E-state index in [1.54, 1.807) is 0 Å². The van der Waals surface area contributed by atoms with Crippen molar-refractivity contribution in [1.29, 1.82) is 0 Å². The van der Waals surface area contributed by atoms with Crippen molar-refractivity contribution in [3.8, 4) is 16.9 Å². The Kier molecular flexibility index (Phi) is 6.34. The molecule has 6 heteroatoms. The SMILES string of the molecule is C.Cc1c2c(O[C@H](C)[C@H]3CCC(=O)C3)cc(-c3cnn(CC(C)C)c3)cc2nn1C. The molecule has 1 aliphatic carbocycles. The monoisotopic (exact) mass is 410 g/mol. The summed E-state index contributed by atoms with van der Waals surface area (Å²) < 4.78 is 10.3. The van der Waals surface area contributed by atoms with Gasteiger partial charge in [-0.15, -0.1) is 0 Å². The lowest BCUT2D eigenvalue weighted by molar-refractivity contribution is -0.117. The summed E-state index contributed by atoms with van der Waals surface area (Å²) in [7, 11) is 1.96. The second-order valence-electron chi connectivity index (χ2n) is 8.79. The van der Waals surface area contributed by atoms with Crippen LogP contribution in [0.4, 0.5) is 0 Å². The van der Waals surface area contributed by atoms with Crippen molar-refractivity contribution in [3.05, 3.63) is 30.2 Å². The summed E-state index contributed by atoms with van der Waals surface area (Å²) in [6.45, 7) is 9.40. The van der Waals surface area contributed by atoms with Gasteiger partial charge in [0.1, 0.15) is 11.5 Å². The normalized spacial score (nSPS) is 17.5. The first kappa shape index (κ1) is 22.1. The number of hydrogen-bond acceptors (Lipinski definition) is 4. The highest BCUT2D eigenvalue weighted by atomic mass is 16.5. The van der Waals surface area contributed by atoms with Gasteiger partial charge in [-0.2, -0.15) is 10.2 Å². The van der Waals surface area contributed by atoms with Crippen molar-refractivity contribution in [2.45, 2.75) is 67.0 Å². The van der Waals surface area contributed by atoms with Crippen LogP contribution in [0.15, 0.2) is 24.5 Å². The van der Waals surface area contributed by atoms with E-state index in [9.17, 15) is 4.79 Å². The van der Waals surface area contributed by atoms with Crippen LogP contribution in [0.3, 0.4) is 0 Å². The van der Waals surface area contributed by atoms with E-state index in [4.69, 9.17) is 4.74 Å². The maximum atomic E-state index is 11.7. The standard InChI is InChI=1S/C23H30N4O2.CH4/c1-14(2)12-27-13-19(11-24-27)18-9-21-23(15(3)26(5)25-21)22(10-18)29-16(4)17-6-7-20(28)8-17;/h9-11,13-14,16-17H,6-8,12H2,1-5H3;1H4/t16-,17+;/m1./s1. The molecule has 4 rings (SSSR count). The summed E-state index contributed by atoms with van der Waals surface area (Å²) in [6, 6.07) is 4.21. The van der Waals surface area contributed by atoms with Gasteiger partial charge in [0.05, 0.1) is 23.2 Å². The van der Waals surface area contributed by atoms with Gasteiger partial charge < -0.3 is 4.74 Å². The molecule has 0 radical (unpaired) electrons. The minimum absolute atomic E-state index is 0. The lowest BCUT2D eigenvalue weighted by Crippen LogP contribution is -2.22. The van der Waals surface area contributed by atoms with Gasteiger partial charge in [0, 0.05) is 49.8 Å². The van der Waals surface area contributed by atoms with Crippen LogP contribution in [-0.4, -0.2) is 31.4 Å². The highest BCUT2D eigenvalue weighted by Crippen LogP contribution is 2.36. The van der Waals surface area contributed by atoms with Gasteiger partial charge in [-0.3, -0.25) is 14.2 Å². The van der Waals surface area contributed by atoms with Crippen LogP contribution in [0.1, 0.15) is 53.2 Å². The third-order valence-electron chi connectivity index (χ3n) is 5.97. The largest absolute Gasteiger partial charge is 0.490 e. The summed E-state index contributed by atoms with van der Waals surface area (Å²) >= 11 is 0. The zero-order chi connectivity index (χ0) is 20.7. The molecule has 1 saturated carbocycles. The van der Waals surface area contributed by atoms with E-state index in [1.807, 2.05) is 22.6 Å². The number of aromatic nitrogens is 4.